The van der Waals surface area contributed by atoms with Crippen molar-refractivity contribution in [3.05, 3.63) is 35.8 Å². The fourth-order valence-electron chi connectivity index (χ4n) is 6.07. The number of nitrogens with zero attached hydrogens (tertiary/aromatic N) is 7. The molecule has 1 saturated heterocycles. The highest BCUT2D eigenvalue weighted by atomic mass is 16.5. The number of anilines is 3. The van der Waals surface area contributed by atoms with Gasteiger partial charge in [0.15, 0.2) is 0 Å². The van der Waals surface area contributed by atoms with Crippen LogP contribution in [0.15, 0.2) is 24.7 Å². The van der Waals surface area contributed by atoms with Crippen LogP contribution in [0, 0.1) is 16.7 Å². The Balaban J connectivity index is 1.49. The molecule has 3 aliphatic rings. The van der Waals surface area contributed by atoms with E-state index in [2.05, 4.69) is 34.7 Å². The summed E-state index contributed by atoms with van der Waals surface area (Å²) in [6.07, 6.45) is 6.68. The Kier molecular flexibility index (Phi) is 6.11. The number of hydrogen-bond donors (Lipinski definition) is 0. The molecule has 36 heavy (non-hydrogen) atoms. The third-order valence-electron chi connectivity index (χ3n) is 8.12. The molecule has 5 rings (SSSR count). The number of amides is 1. The van der Waals surface area contributed by atoms with Crippen molar-refractivity contribution in [1.29, 1.82) is 5.26 Å². The smallest absolute Gasteiger partial charge is 0.230 e. The molecule has 0 N–H and O–H groups in total. The summed E-state index contributed by atoms with van der Waals surface area (Å²) in [6.45, 7) is 10.7. The number of carbonyl (C=O) groups is 1. The van der Waals surface area contributed by atoms with Gasteiger partial charge in [-0.25, -0.2) is 15.0 Å². The lowest BCUT2D eigenvalue weighted by atomic mass is 9.66. The Hall–Kier alpha value is -3.25. The van der Waals surface area contributed by atoms with Crippen LogP contribution in [-0.2, 0) is 14.9 Å². The molecule has 2 fully saturated rings. The minimum absolute atomic E-state index is 0.00732. The third-order valence-corrected chi connectivity index (χ3v) is 8.12. The molecule has 1 saturated carbocycles. The highest BCUT2D eigenvalue weighted by molar-refractivity contribution is 5.83. The number of piperazine rings is 1. The maximum absolute atomic E-state index is 13.4. The highest BCUT2D eigenvalue weighted by Crippen LogP contribution is 2.56. The lowest BCUT2D eigenvalue weighted by molar-refractivity contribution is -0.146. The van der Waals surface area contributed by atoms with Crippen LogP contribution in [0.4, 0.5) is 17.5 Å². The highest BCUT2D eigenvalue weighted by Gasteiger charge is 2.52. The van der Waals surface area contributed by atoms with Gasteiger partial charge in [-0.2, -0.15) is 5.26 Å². The fourth-order valence-corrected chi connectivity index (χ4v) is 6.07. The monoisotopic (exact) mass is 489 g/mol. The quantitative estimate of drug-likeness (QED) is 0.630. The van der Waals surface area contributed by atoms with Crippen LogP contribution in [-0.4, -0.2) is 71.2 Å². The van der Waals surface area contributed by atoms with Gasteiger partial charge in [-0.3, -0.25) is 4.79 Å². The van der Waals surface area contributed by atoms with Gasteiger partial charge in [0, 0.05) is 56.0 Å². The molecule has 0 unspecified atom stereocenters. The van der Waals surface area contributed by atoms with E-state index >= 15 is 0 Å². The van der Waals surface area contributed by atoms with E-state index in [9.17, 15) is 10.1 Å². The topological polar surface area (TPSA) is 98.5 Å². The summed E-state index contributed by atoms with van der Waals surface area (Å²) >= 11 is 0. The zero-order valence-corrected chi connectivity index (χ0v) is 21.9. The van der Waals surface area contributed by atoms with E-state index in [0.29, 0.717) is 25.3 Å². The Morgan fingerprint density at radius 3 is 2.61 bits per heavy atom. The molecular formula is C27H35N7O2. The van der Waals surface area contributed by atoms with Crippen LogP contribution in [0.5, 0.6) is 0 Å². The fraction of sp³-hybridized carbons (Fsp3) is 0.593. The first-order valence-electron chi connectivity index (χ1n) is 12.8. The van der Waals surface area contributed by atoms with E-state index < -0.39 is 5.41 Å². The van der Waals surface area contributed by atoms with Gasteiger partial charge < -0.3 is 19.4 Å². The molecule has 0 bridgehead atoms. The molecule has 2 aromatic rings. The van der Waals surface area contributed by atoms with Gasteiger partial charge in [0.2, 0.25) is 5.91 Å². The van der Waals surface area contributed by atoms with Gasteiger partial charge in [0.05, 0.1) is 23.7 Å². The minimum Gasteiger partial charge on any atom is -0.384 e. The van der Waals surface area contributed by atoms with Gasteiger partial charge in [-0.05, 0) is 52.7 Å². The molecule has 0 aromatic carbocycles. The molecule has 190 valence electrons. The molecule has 2 aliphatic heterocycles. The molecular weight excluding hydrogens is 454 g/mol. The van der Waals surface area contributed by atoms with Crippen molar-refractivity contribution in [2.45, 2.75) is 64.5 Å². The normalized spacial score (nSPS) is 22.8. The van der Waals surface area contributed by atoms with Crippen molar-refractivity contribution >= 4 is 23.4 Å². The Bertz CT molecular complexity index is 1200. The first-order chi connectivity index (χ1) is 17.2. The van der Waals surface area contributed by atoms with Crippen LogP contribution in [0.2, 0.25) is 0 Å². The van der Waals surface area contributed by atoms with E-state index in [1.807, 2.05) is 24.8 Å². The Labute approximate surface area is 213 Å². The van der Waals surface area contributed by atoms with Crippen molar-refractivity contribution < 1.29 is 9.53 Å². The van der Waals surface area contributed by atoms with E-state index in [4.69, 9.17) is 14.7 Å². The number of fused-ring (bicyclic) bond motifs is 2. The number of aromatic nitrogens is 3. The van der Waals surface area contributed by atoms with E-state index in [-0.39, 0.29) is 23.4 Å². The molecule has 0 radical (unpaired) electrons. The Morgan fingerprint density at radius 2 is 1.94 bits per heavy atom. The molecule has 1 spiro atoms. The molecule has 1 amide bonds. The molecule has 1 aliphatic carbocycles. The average Bonchev–Trinajstić information content (AvgIpc) is 3.21. The number of nitriles is 1. The number of pyridine rings is 1. The van der Waals surface area contributed by atoms with Crippen LogP contribution >= 0.6 is 0 Å². The maximum atomic E-state index is 13.4. The van der Waals surface area contributed by atoms with Crippen LogP contribution in [0.3, 0.4) is 0 Å². The van der Waals surface area contributed by atoms with Crippen LogP contribution < -0.4 is 9.80 Å². The summed E-state index contributed by atoms with van der Waals surface area (Å²) < 4.78 is 5.32. The molecule has 2 aromatic heterocycles. The van der Waals surface area contributed by atoms with Crippen molar-refractivity contribution in [1.82, 2.24) is 19.9 Å². The van der Waals surface area contributed by atoms with Crippen LogP contribution in [0.1, 0.15) is 58.1 Å². The van der Waals surface area contributed by atoms with E-state index in [0.717, 1.165) is 36.8 Å². The molecule has 9 heteroatoms. The lowest BCUT2D eigenvalue weighted by Gasteiger charge is -2.48. The predicted octanol–water partition coefficient (Wildman–Crippen LogP) is 3.41. The standard InChI is InChI=1S/C27H35N7O2/c1-18-14-33(25(35)26(3,4)16-36-5)19(2)13-32(18)23-22-24(31-17-30-23)34(15-27(22)8-6-9-27)21-11-20(12-28)7-10-29-21/h7,10-11,17-19H,6,8-9,13-16H2,1-5H3/t18-,19-/m1/s1. The summed E-state index contributed by atoms with van der Waals surface area (Å²) in [7, 11) is 1.64. The predicted molar refractivity (Wildman–Crippen MR) is 137 cm³/mol. The lowest BCUT2D eigenvalue weighted by Crippen LogP contribution is -2.61. The minimum atomic E-state index is -0.567. The van der Waals surface area contributed by atoms with Gasteiger partial charge in [-0.1, -0.05) is 6.42 Å². The van der Waals surface area contributed by atoms with Gasteiger partial charge in [0.1, 0.15) is 23.8 Å². The second-order valence-electron chi connectivity index (χ2n) is 11.3. The summed E-state index contributed by atoms with van der Waals surface area (Å²) in [5, 5.41) is 9.41. The van der Waals surface area contributed by atoms with Gasteiger partial charge in [-0.15, -0.1) is 0 Å². The number of ether oxygens (including phenoxy) is 1. The number of hydrogen-bond acceptors (Lipinski definition) is 8. The molecule has 2 atom stereocenters. The van der Waals surface area contributed by atoms with Crippen molar-refractivity contribution in [3.8, 4) is 6.07 Å². The van der Waals surface area contributed by atoms with Gasteiger partial charge >= 0.3 is 0 Å². The summed E-state index contributed by atoms with van der Waals surface area (Å²) in [4.78, 5) is 34.0. The SMILES string of the molecule is COCC(C)(C)C(=O)N1C[C@@H](C)N(c2ncnc3c2C2(CCC2)CN3c2cc(C#N)ccn2)C[C@H]1C. The van der Waals surface area contributed by atoms with E-state index in [1.165, 1.54) is 12.0 Å². The summed E-state index contributed by atoms with van der Waals surface area (Å²) in [6, 6.07) is 5.93. The average molecular weight is 490 g/mol. The first-order valence-corrected chi connectivity index (χ1v) is 12.8. The summed E-state index contributed by atoms with van der Waals surface area (Å²) in [5.74, 6) is 2.74. The third kappa shape index (κ3) is 3.88. The second-order valence-corrected chi connectivity index (χ2v) is 11.3. The van der Waals surface area contributed by atoms with Crippen molar-refractivity contribution in [3.63, 3.8) is 0 Å². The first kappa shape index (κ1) is 24.4. The van der Waals surface area contributed by atoms with E-state index in [1.54, 1.807) is 25.7 Å². The van der Waals surface area contributed by atoms with Crippen molar-refractivity contribution in [2.75, 3.05) is 43.2 Å². The zero-order valence-electron chi connectivity index (χ0n) is 21.9. The van der Waals surface area contributed by atoms with Crippen LogP contribution in [0.25, 0.3) is 0 Å². The largest absolute Gasteiger partial charge is 0.384 e. The molecule has 9 nitrogen and oxygen atoms in total. The molecule has 4 heterocycles. The number of carbonyl (C=O) groups excluding carboxylic acids is 1. The Morgan fingerprint density at radius 1 is 1.19 bits per heavy atom. The van der Waals surface area contributed by atoms with Crippen molar-refractivity contribution in [2.24, 2.45) is 5.41 Å². The second kappa shape index (κ2) is 9.00. The number of rotatable bonds is 5. The van der Waals surface area contributed by atoms with Gasteiger partial charge in [0.25, 0.3) is 0 Å². The summed E-state index contributed by atoms with van der Waals surface area (Å²) in [5.41, 5.74) is 1.21. The zero-order chi connectivity index (χ0) is 25.7. The maximum Gasteiger partial charge on any atom is 0.230 e. The number of methoxy groups -OCH3 is 1.